The predicted octanol–water partition coefficient (Wildman–Crippen LogP) is 1.02. The third-order valence-corrected chi connectivity index (χ3v) is 1.40. The SMILES string of the molecule is Cc1cc(S)n(C)n1. The van der Waals surface area contributed by atoms with Gasteiger partial charge in [0.2, 0.25) is 0 Å². The molecule has 0 aliphatic heterocycles. The van der Waals surface area contributed by atoms with Crippen molar-refractivity contribution in [2.45, 2.75) is 11.9 Å². The van der Waals surface area contributed by atoms with Crippen LogP contribution in [0.3, 0.4) is 0 Å². The van der Waals surface area contributed by atoms with Crippen molar-refractivity contribution in [3.05, 3.63) is 11.8 Å². The lowest BCUT2D eigenvalue weighted by atomic mass is 10.5. The molecule has 0 amide bonds. The normalized spacial score (nSPS) is 9.88. The zero-order valence-corrected chi connectivity index (χ0v) is 5.81. The van der Waals surface area contributed by atoms with Gasteiger partial charge in [0.05, 0.1) is 10.7 Å². The molecule has 0 spiro atoms. The number of hydrogen-bond donors (Lipinski definition) is 1. The van der Waals surface area contributed by atoms with Crippen LogP contribution in [0.25, 0.3) is 0 Å². The maximum Gasteiger partial charge on any atom is 0.0908 e. The highest BCUT2D eigenvalue weighted by Gasteiger charge is 1.92. The molecule has 0 unspecified atom stereocenters. The van der Waals surface area contributed by atoms with E-state index in [4.69, 9.17) is 0 Å². The molecule has 0 saturated heterocycles. The summed E-state index contributed by atoms with van der Waals surface area (Å²) in [7, 11) is 1.87. The number of aromatic nitrogens is 2. The van der Waals surface area contributed by atoms with Gasteiger partial charge in [-0.2, -0.15) is 5.10 Å². The minimum absolute atomic E-state index is 0.905. The lowest BCUT2D eigenvalue weighted by molar-refractivity contribution is 0.694. The highest BCUT2D eigenvalue weighted by atomic mass is 32.1. The van der Waals surface area contributed by atoms with Crippen molar-refractivity contribution < 1.29 is 0 Å². The summed E-state index contributed by atoms with van der Waals surface area (Å²) in [6.45, 7) is 1.94. The van der Waals surface area contributed by atoms with Crippen LogP contribution in [-0.2, 0) is 7.05 Å². The average Bonchev–Trinajstić information content (AvgIpc) is 1.85. The molecule has 0 radical (unpaired) electrons. The van der Waals surface area contributed by atoms with E-state index in [2.05, 4.69) is 17.7 Å². The standard InChI is InChI=1S/C5H8N2S/c1-4-3-5(8)7(2)6-4/h3,8H,1-2H3. The Morgan fingerprint density at radius 3 is 2.50 bits per heavy atom. The summed E-state index contributed by atoms with van der Waals surface area (Å²) in [5.41, 5.74) is 1.01. The van der Waals surface area contributed by atoms with E-state index in [0.29, 0.717) is 0 Å². The Labute approximate surface area is 53.9 Å². The third-order valence-electron chi connectivity index (χ3n) is 0.977. The minimum Gasteiger partial charge on any atom is -0.262 e. The maximum atomic E-state index is 4.12. The number of thiol groups is 1. The molecule has 1 rings (SSSR count). The van der Waals surface area contributed by atoms with Crippen LogP contribution in [0.2, 0.25) is 0 Å². The van der Waals surface area contributed by atoms with E-state index in [1.165, 1.54) is 0 Å². The first-order valence-electron chi connectivity index (χ1n) is 2.40. The fourth-order valence-corrected chi connectivity index (χ4v) is 0.829. The molecule has 1 heterocycles. The van der Waals surface area contributed by atoms with Crippen LogP contribution in [-0.4, -0.2) is 9.78 Å². The molecule has 0 saturated carbocycles. The summed E-state index contributed by atoms with van der Waals surface area (Å²) >= 11 is 4.12. The van der Waals surface area contributed by atoms with Crippen LogP contribution in [0.5, 0.6) is 0 Å². The second kappa shape index (κ2) is 1.82. The summed E-state index contributed by atoms with van der Waals surface area (Å²) < 4.78 is 1.73. The molecule has 1 aromatic heterocycles. The molecule has 0 aromatic carbocycles. The van der Waals surface area contributed by atoms with Crippen LogP contribution >= 0.6 is 12.6 Å². The summed E-state index contributed by atoms with van der Waals surface area (Å²) in [4.78, 5) is 0. The first-order valence-corrected chi connectivity index (χ1v) is 2.84. The zero-order valence-electron chi connectivity index (χ0n) is 4.92. The van der Waals surface area contributed by atoms with Gasteiger partial charge in [-0.1, -0.05) is 0 Å². The lowest BCUT2D eigenvalue weighted by Crippen LogP contribution is -1.89. The van der Waals surface area contributed by atoms with Crippen LogP contribution in [0.1, 0.15) is 5.69 Å². The molecule has 0 fully saturated rings. The van der Waals surface area contributed by atoms with Gasteiger partial charge in [0.1, 0.15) is 0 Å². The van der Waals surface area contributed by atoms with Crippen LogP contribution in [0, 0.1) is 6.92 Å². The first kappa shape index (κ1) is 5.69. The summed E-state index contributed by atoms with van der Waals surface area (Å²) in [5.74, 6) is 0. The van der Waals surface area contributed by atoms with Gasteiger partial charge in [-0.05, 0) is 13.0 Å². The van der Waals surface area contributed by atoms with Crippen LogP contribution in [0.15, 0.2) is 11.1 Å². The van der Waals surface area contributed by atoms with Crippen molar-refractivity contribution in [2.75, 3.05) is 0 Å². The van der Waals surface area contributed by atoms with Crippen molar-refractivity contribution in [1.29, 1.82) is 0 Å². The highest BCUT2D eigenvalue weighted by molar-refractivity contribution is 7.80. The number of rotatable bonds is 0. The fourth-order valence-electron chi connectivity index (χ4n) is 0.597. The van der Waals surface area contributed by atoms with Crippen molar-refractivity contribution in [1.82, 2.24) is 9.78 Å². The third kappa shape index (κ3) is 0.865. The summed E-state index contributed by atoms with van der Waals surface area (Å²) in [5, 5.41) is 4.96. The van der Waals surface area contributed by atoms with Crippen molar-refractivity contribution in [3.8, 4) is 0 Å². The van der Waals surface area contributed by atoms with E-state index in [-0.39, 0.29) is 0 Å². The maximum absolute atomic E-state index is 4.12. The van der Waals surface area contributed by atoms with E-state index < -0.39 is 0 Å². The van der Waals surface area contributed by atoms with Crippen molar-refractivity contribution in [2.24, 2.45) is 7.05 Å². The van der Waals surface area contributed by atoms with Crippen molar-refractivity contribution >= 4 is 12.6 Å². The Morgan fingerprint density at radius 2 is 2.38 bits per heavy atom. The van der Waals surface area contributed by atoms with E-state index in [1.807, 2.05) is 20.0 Å². The van der Waals surface area contributed by atoms with Crippen molar-refractivity contribution in [3.63, 3.8) is 0 Å². The van der Waals surface area contributed by atoms with E-state index in [1.54, 1.807) is 4.68 Å². The molecular formula is C5H8N2S. The summed E-state index contributed by atoms with van der Waals surface area (Å²) in [6.07, 6.45) is 0. The minimum atomic E-state index is 0.905. The van der Waals surface area contributed by atoms with Gasteiger partial charge in [0.25, 0.3) is 0 Å². The Balaban J connectivity index is 3.14. The summed E-state index contributed by atoms with van der Waals surface area (Å²) in [6, 6.07) is 1.92. The molecule has 0 bridgehead atoms. The highest BCUT2D eigenvalue weighted by Crippen LogP contribution is 2.04. The monoisotopic (exact) mass is 128 g/mol. The Hall–Kier alpha value is -0.440. The predicted molar refractivity (Wildman–Crippen MR) is 35.2 cm³/mol. The fraction of sp³-hybridized carbons (Fsp3) is 0.400. The van der Waals surface area contributed by atoms with E-state index in [9.17, 15) is 0 Å². The zero-order chi connectivity index (χ0) is 6.15. The quantitative estimate of drug-likeness (QED) is 0.516. The number of nitrogens with zero attached hydrogens (tertiary/aromatic N) is 2. The largest absolute Gasteiger partial charge is 0.262 e. The number of aryl methyl sites for hydroxylation is 2. The molecule has 0 N–H and O–H groups in total. The molecular weight excluding hydrogens is 120 g/mol. The topological polar surface area (TPSA) is 17.8 Å². The Bertz CT molecular complexity index is 173. The first-order chi connectivity index (χ1) is 3.70. The van der Waals surface area contributed by atoms with Gasteiger partial charge >= 0.3 is 0 Å². The molecule has 2 nitrogen and oxygen atoms in total. The average molecular weight is 128 g/mol. The van der Waals surface area contributed by atoms with E-state index in [0.717, 1.165) is 10.7 Å². The molecule has 1 aromatic rings. The van der Waals surface area contributed by atoms with Crippen LogP contribution in [0.4, 0.5) is 0 Å². The van der Waals surface area contributed by atoms with Gasteiger partial charge < -0.3 is 0 Å². The molecule has 44 valence electrons. The second-order valence-corrected chi connectivity index (χ2v) is 2.23. The van der Waals surface area contributed by atoms with Gasteiger partial charge in [0, 0.05) is 7.05 Å². The van der Waals surface area contributed by atoms with Crippen LogP contribution < -0.4 is 0 Å². The lowest BCUT2D eigenvalue weighted by Gasteiger charge is -1.86. The molecule has 3 heteroatoms. The van der Waals surface area contributed by atoms with Gasteiger partial charge in [-0.15, -0.1) is 12.6 Å². The molecule has 8 heavy (non-hydrogen) atoms. The molecule has 0 atom stereocenters. The van der Waals surface area contributed by atoms with Gasteiger partial charge in [-0.3, -0.25) is 4.68 Å². The molecule has 0 aliphatic carbocycles. The Kier molecular flexibility index (Phi) is 1.29. The Morgan fingerprint density at radius 1 is 1.75 bits per heavy atom. The second-order valence-electron chi connectivity index (χ2n) is 1.77. The van der Waals surface area contributed by atoms with E-state index >= 15 is 0 Å². The molecule has 0 aliphatic rings. The van der Waals surface area contributed by atoms with Gasteiger partial charge in [0.15, 0.2) is 0 Å². The van der Waals surface area contributed by atoms with Gasteiger partial charge in [-0.25, -0.2) is 0 Å². The smallest absolute Gasteiger partial charge is 0.0908 e. The number of hydrogen-bond acceptors (Lipinski definition) is 2.